The molecule has 1 N–H and O–H groups in total. The molecular weight excluding hydrogens is 403 g/mol. The molecule has 2 aliphatic heterocycles. The molecule has 0 radical (unpaired) electrons. The lowest BCUT2D eigenvalue weighted by Gasteiger charge is -2.47. The first kappa shape index (κ1) is 21.0. The maximum atomic E-state index is 13.4. The van der Waals surface area contributed by atoms with Gasteiger partial charge in [-0.2, -0.15) is 5.26 Å². The molecule has 1 spiro atoms. The van der Waals surface area contributed by atoms with Gasteiger partial charge in [0, 0.05) is 24.8 Å². The zero-order chi connectivity index (χ0) is 22.2. The largest absolute Gasteiger partial charge is 0.339 e. The van der Waals surface area contributed by atoms with Crippen molar-refractivity contribution < 1.29 is 9.18 Å². The summed E-state index contributed by atoms with van der Waals surface area (Å²) < 4.78 is 13.4. The highest BCUT2D eigenvalue weighted by Crippen LogP contribution is 2.42. The quantitative estimate of drug-likeness (QED) is 0.798. The fourth-order valence-corrected chi connectivity index (χ4v) is 5.99. The van der Waals surface area contributed by atoms with Crippen LogP contribution in [0.5, 0.6) is 0 Å². The van der Waals surface area contributed by atoms with Crippen LogP contribution >= 0.6 is 0 Å². The second kappa shape index (κ2) is 8.22. The van der Waals surface area contributed by atoms with Crippen molar-refractivity contribution in [1.29, 1.82) is 5.26 Å². The second-order valence-corrected chi connectivity index (χ2v) is 9.43. The highest BCUT2D eigenvalue weighted by atomic mass is 19.1. The number of carbonyl (C=O) groups excluding carboxylic acids is 1. The van der Waals surface area contributed by atoms with Gasteiger partial charge in [-0.25, -0.2) is 4.39 Å². The Morgan fingerprint density at radius 3 is 2.25 bits per heavy atom. The number of amides is 1. The van der Waals surface area contributed by atoms with E-state index in [1.54, 1.807) is 12.1 Å². The van der Waals surface area contributed by atoms with Crippen molar-refractivity contribution in [3.05, 3.63) is 66.0 Å². The van der Waals surface area contributed by atoms with Crippen LogP contribution in [0.25, 0.3) is 0 Å². The average molecular weight is 433 g/mol. The van der Waals surface area contributed by atoms with Gasteiger partial charge in [0.1, 0.15) is 11.4 Å². The Balaban J connectivity index is 1.25. The fourth-order valence-electron chi connectivity index (χ4n) is 5.99. The van der Waals surface area contributed by atoms with E-state index < -0.39 is 11.0 Å². The van der Waals surface area contributed by atoms with Gasteiger partial charge in [0.15, 0.2) is 0 Å². The zero-order valence-electron chi connectivity index (χ0n) is 18.3. The highest BCUT2D eigenvalue weighted by molar-refractivity contribution is 5.93. The van der Waals surface area contributed by atoms with Gasteiger partial charge < -0.3 is 15.1 Å². The molecule has 0 aromatic heterocycles. The summed E-state index contributed by atoms with van der Waals surface area (Å²) in [6.07, 6.45) is 5.10. The number of benzene rings is 2. The van der Waals surface area contributed by atoms with Gasteiger partial charge in [-0.05, 0) is 68.4 Å². The average Bonchev–Trinajstić information content (AvgIpc) is 3.16. The van der Waals surface area contributed by atoms with Crippen molar-refractivity contribution in [3.63, 3.8) is 0 Å². The number of piperidine rings is 1. The summed E-state index contributed by atoms with van der Waals surface area (Å²) in [5.74, 6) is -0.122. The summed E-state index contributed by atoms with van der Waals surface area (Å²) >= 11 is 0. The van der Waals surface area contributed by atoms with Gasteiger partial charge >= 0.3 is 0 Å². The Morgan fingerprint density at radius 2 is 1.62 bits per heavy atom. The van der Waals surface area contributed by atoms with Gasteiger partial charge in [-0.15, -0.1) is 0 Å². The van der Waals surface area contributed by atoms with E-state index in [1.807, 2.05) is 18.2 Å². The summed E-state index contributed by atoms with van der Waals surface area (Å²) in [7, 11) is 0. The third kappa shape index (κ3) is 3.45. The molecule has 6 heteroatoms. The third-order valence-corrected chi connectivity index (χ3v) is 7.97. The Morgan fingerprint density at radius 1 is 0.969 bits per heavy atom. The molecule has 3 aliphatic rings. The number of halogens is 1. The van der Waals surface area contributed by atoms with Crippen LogP contribution in [0.15, 0.2) is 54.6 Å². The molecule has 1 amide bonds. The maximum Gasteiger partial charge on any atom is 0.247 e. The van der Waals surface area contributed by atoms with Crippen molar-refractivity contribution in [2.24, 2.45) is 0 Å². The van der Waals surface area contributed by atoms with Crippen molar-refractivity contribution in [1.82, 2.24) is 10.2 Å². The summed E-state index contributed by atoms with van der Waals surface area (Å²) in [6.45, 7) is 2.34. The van der Waals surface area contributed by atoms with E-state index in [0.717, 1.165) is 62.9 Å². The monoisotopic (exact) mass is 432 g/mol. The minimum absolute atomic E-state index is 0.143. The van der Waals surface area contributed by atoms with Crippen LogP contribution in [-0.4, -0.2) is 42.1 Å². The van der Waals surface area contributed by atoms with Crippen LogP contribution in [-0.2, 0) is 10.2 Å². The lowest BCUT2D eigenvalue weighted by atomic mass is 9.68. The fraction of sp³-hybridized carbons (Fsp3) is 0.462. The molecule has 0 atom stereocenters. The number of anilines is 1. The van der Waals surface area contributed by atoms with E-state index in [0.29, 0.717) is 12.7 Å². The first-order valence-corrected chi connectivity index (χ1v) is 11.6. The van der Waals surface area contributed by atoms with Gasteiger partial charge in [0.2, 0.25) is 5.91 Å². The predicted molar refractivity (Wildman–Crippen MR) is 121 cm³/mol. The number of nitrogens with zero attached hydrogens (tertiary/aromatic N) is 3. The standard InChI is InChI=1S/C26H29FN4O/c27-21-8-6-20(7-9-21)25(18-28)12-10-22(11-13-25)30-16-14-26(15-17-30)24(32)29-19-31(26)23-4-2-1-3-5-23/h1-9,22H,10-17,19H2,(H,29,32). The lowest BCUT2D eigenvalue weighted by Crippen LogP contribution is -2.58. The topological polar surface area (TPSA) is 59.4 Å². The molecule has 166 valence electrons. The minimum Gasteiger partial charge on any atom is -0.339 e. The van der Waals surface area contributed by atoms with Gasteiger partial charge in [-0.3, -0.25) is 4.79 Å². The zero-order valence-corrected chi connectivity index (χ0v) is 18.3. The molecule has 5 nitrogen and oxygen atoms in total. The van der Waals surface area contributed by atoms with E-state index in [2.05, 4.69) is 33.3 Å². The first-order chi connectivity index (χ1) is 15.6. The number of carbonyl (C=O) groups is 1. The Kier molecular flexibility index (Phi) is 5.38. The van der Waals surface area contributed by atoms with E-state index in [-0.39, 0.29) is 11.7 Å². The molecule has 3 fully saturated rings. The van der Waals surface area contributed by atoms with E-state index >= 15 is 0 Å². The van der Waals surface area contributed by atoms with Crippen molar-refractivity contribution >= 4 is 11.6 Å². The third-order valence-electron chi connectivity index (χ3n) is 7.97. The summed E-state index contributed by atoms with van der Waals surface area (Å²) in [4.78, 5) is 17.6. The highest BCUT2D eigenvalue weighted by Gasteiger charge is 2.51. The molecular formula is C26H29FN4O. The van der Waals surface area contributed by atoms with E-state index in [4.69, 9.17) is 0 Å². The minimum atomic E-state index is -0.517. The van der Waals surface area contributed by atoms with Gasteiger partial charge in [0.05, 0.1) is 18.2 Å². The van der Waals surface area contributed by atoms with Crippen LogP contribution in [0.1, 0.15) is 44.1 Å². The van der Waals surface area contributed by atoms with Crippen LogP contribution in [0.4, 0.5) is 10.1 Å². The molecule has 5 rings (SSSR count). The number of nitrogens with one attached hydrogen (secondary N) is 1. The van der Waals surface area contributed by atoms with Crippen molar-refractivity contribution in [2.45, 2.75) is 55.5 Å². The van der Waals surface area contributed by atoms with Crippen LogP contribution in [0, 0.1) is 17.1 Å². The molecule has 2 heterocycles. The van der Waals surface area contributed by atoms with Crippen molar-refractivity contribution in [3.8, 4) is 6.07 Å². The smallest absolute Gasteiger partial charge is 0.247 e. The number of rotatable bonds is 3. The van der Waals surface area contributed by atoms with Crippen LogP contribution in [0.3, 0.4) is 0 Å². The lowest BCUT2D eigenvalue weighted by molar-refractivity contribution is -0.125. The predicted octanol–water partition coefficient (Wildman–Crippen LogP) is 3.96. The van der Waals surface area contributed by atoms with E-state index in [9.17, 15) is 14.4 Å². The number of para-hydroxylation sites is 1. The second-order valence-electron chi connectivity index (χ2n) is 9.43. The molecule has 0 bridgehead atoms. The SMILES string of the molecule is N#CC1(c2ccc(F)cc2)CCC(N2CCC3(CC2)C(=O)NCN3c2ccccc2)CC1. The Hall–Kier alpha value is -2.91. The number of hydrogen-bond donors (Lipinski definition) is 1. The van der Waals surface area contributed by atoms with Crippen LogP contribution < -0.4 is 10.2 Å². The normalized spacial score (nSPS) is 27.8. The molecule has 0 unspecified atom stereocenters. The summed E-state index contributed by atoms with van der Waals surface area (Å²) in [6, 6.07) is 19.6. The molecule has 2 saturated heterocycles. The van der Waals surface area contributed by atoms with Crippen molar-refractivity contribution in [2.75, 3.05) is 24.7 Å². The van der Waals surface area contributed by atoms with Gasteiger partial charge in [-0.1, -0.05) is 30.3 Å². The summed E-state index contributed by atoms with van der Waals surface area (Å²) in [5.41, 5.74) is 1.04. The molecule has 32 heavy (non-hydrogen) atoms. The Bertz CT molecular complexity index is 1000. The number of hydrogen-bond acceptors (Lipinski definition) is 4. The maximum absolute atomic E-state index is 13.4. The van der Waals surface area contributed by atoms with Gasteiger partial charge in [0.25, 0.3) is 0 Å². The summed E-state index contributed by atoms with van der Waals surface area (Å²) in [5, 5.41) is 13.0. The Labute approximate surface area is 188 Å². The van der Waals surface area contributed by atoms with Crippen LogP contribution in [0.2, 0.25) is 0 Å². The number of likely N-dealkylation sites (tertiary alicyclic amines) is 1. The molecule has 1 saturated carbocycles. The first-order valence-electron chi connectivity index (χ1n) is 11.6. The molecule has 1 aliphatic carbocycles. The molecule has 2 aromatic carbocycles. The number of nitriles is 1. The van der Waals surface area contributed by atoms with E-state index in [1.165, 1.54) is 12.1 Å². The molecule has 2 aromatic rings.